The average Bonchev–Trinajstić information content (AvgIpc) is 2.32. The molecule has 1 fully saturated rings. The Balaban J connectivity index is 2.40. The summed E-state index contributed by atoms with van der Waals surface area (Å²) < 4.78 is 1.91. The number of carbonyl (C=O) groups excluding carboxylic acids is 1. The maximum atomic E-state index is 12.1. The van der Waals surface area contributed by atoms with Crippen LogP contribution in [-0.4, -0.2) is 14.6 Å². The SMILES string of the molecule is CC1CCC2=CC=CCC2(C)N(I)C1=O. The van der Waals surface area contributed by atoms with Gasteiger partial charge in [-0.25, -0.2) is 0 Å². The molecule has 3 heteroatoms. The number of carbonyl (C=O) groups is 1. The number of hydrogen-bond acceptors (Lipinski definition) is 1. The van der Waals surface area contributed by atoms with E-state index in [0.717, 1.165) is 19.3 Å². The van der Waals surface area contributed by atoms with Crippen molar-refractivity contribution in [1.82, 2.24) is 3.11 Å². The molecule has 1 aliphatic carbocycles. The number of allylic oxidation sites excluding steroid dienone is 2. The summed E-state index contributed by atoms with van der Waals surface area (Å²) in [5, 5.41) is 0. The summed E-state index contributed by atoms with van der Waals surface area (Å²) in [6, 6.07) is 0. The zero-order chi connectivity index (χ0) is 11.1. The first kappa shape index (κ1) is 11.2. The molecular weight excluding hydrogens is 301 g/mol. The zero-order valence-corrected chi connectivity index (χ0v) is 11.3. The largest absolute Gasteiger partial charge is 0.274 e. The van der Waals surface area contributed by atoms with Gasteiger partial charge in [0.2, 0.25) is 5.91 Å². The van der Waals surface area contributed by atoms with Gasteiger partial charge in [-0.05, 0) is 31.8 Å². The summed E-state index contributed by atoms with van der Waals surface area (Å²) in [5.74, 6) is 0.432. The van der Waals surface area contributed by atoms with Crippen molar-refractivity contribution >= 4 is 28.8 Å². The number of nitrogens with zero attached hydrogens (tertiary/aromatic N) is 1. The van der Waals surface area contributed by atoms with Crippen LogP contribution in [0.5, 0.6) is 0 Å². The Morgan fingerprint density at radius 3 is 3.07 bits per heavy atom. The molecule has 2 aliphatic rings. The van der Waals surface area contributed by atoms with Crippen LogP contribution in [0.4, 0.5) is 0 Å². The molecule has 1 saturated heterocycles. The summed E-state index contributed by atoms with van der Waals surface area (Å²) in [5.41, 5.74) is 1.31. The van der Waals surface area contributed by atoms with Crippen LogP contribution in [-0.2, 0) is 4.79 Å². The second-order valence-corrected chi connectivity index (χ2v) is 5.62. The summed E-state index contributed by atoms with van der Waals surface area (Å²) in [6.45, 7) is 4.20. The van der Waals surface area contributed by atoms with Crippen molar-refractivity contribution in [1.29, 1.82) is 0 Å². The molecule has 0 aromatic rings. The lowest BCUT2D eigenvalue weighted by Crippen LogP contribution is -2.45. The third kappa shape index (κ3) is 1.75. The second-order valence-electron chi connectivity index (χ2n) is 4.66. The highest BCUT2D eigenvalue weighted by molar-refractivity contribution is 14.1. The lowest BCUT2D eigenvalue weighted by molar-refractivity contribution is -0.130. The summed E-state index contributed by atoms with van der Waals surface area (Å²) in [6.07, 6.45) is 9.42. The second kappa shape index (κ2) is 3.92. The van der Waals surface area contributed by atoms with Crippen LogP contribution in [0.25, 0.3) is 0 Å². The molecule has 82 valence electrons. The molecule has 0 saturated carbocycles. The smallest absolute Gasteiger partial charge is 0.234 e. The number of fused-ring (bicyclic) bond motifs is 1. The normalized spacial score (nSPS) is 35.9. The van der Waals surface area contributed by atoms with Crippen LogP contribution in [0.3, 0.4) is 0 Å². The van der Waals surface area contributed by atoms with Crippen LogP contribution >= 0.6 is 22.9 Å². The predicted octanol–water partition coefficient (Wildman–Crippen LogP) is 3.24. The van der Waals surface area contributed by atoms with Gasteiger partial charge in [0.1, 0.15) is 0 Å². The maximum Gasteiger partial charge on any atom is 0.234 e. The quantitative estimate of drug-likeness (QED) is 0.496. The molecule has 0 bridgehead atoms. The molecule has 2 nitrogen and oxygen atoms in total. The summed E-state index contributed by atoms with van der Waals surface area (Å²) in [4.78, 5) is 12.1. The Labute approximate surface area is 105 Å². The van der Waals surface area contributed by atoms with E-state index in [1.807, 2.05) is 10.0 Å². The van der Waals surface area contributed by atoms with E-state index in [0.29, 0.717) is 0 Å². The lowest BCUT2D eigenvalue weighted by Gasteiger charge is -2.38. The fourth-order valence-electron chi connectivity index (χ4n) is 2.28. The van der Waals surface area contributed by atoms with Gasteiger partial charge in [0.25, 0.3) is 0 Å². The average molecular weight is 317 g/mol. The first-order valence-electron chi connectivity index (χ1n) is 5.42. The summed E-state index contributed by atoms with van der Waals surface area (Å²) in [7, 11) is 0. The van der Waals surface area contributed by atoms with E-state index in [9.17, 15) is 4.79 Å². The van der Waals surface area contributed by atoms with Gasteiger partial charge in [0.15, 0.2) is 0 Å². The highest BCUT2D eigenvalue weighted by atomic mass is 127. The van der Waals surface area contributed by atoms with E-state index in [4.69, 9.17) is 0 Å². The molecule has 0 aromatic carbocycles. The van der Waals surface area contributed by atoms with E-state index in [1.165, 1.54) is 5.57 Å². The predicted molar refractivity (Wildman–Crippen MR) is 69.5 cm³/mol. The van der Waals surface area contributed by atoms with Crippen molar-refractivity contribution in [2.24, 2.45) is 5.92 Å². The Bertz CT molecular complexity index is 348. The van der Waals surface area contributed by atoms with Crippen LogP contribution < -0.4 is 0 Å². The minimum Gasteiger partial charge on any atom is -0.274 e. The molecule has 2 rings (SSSR count). The molecule has 1 heterocycles. The van der Waals surface area contributed by atoms with Gasteiger partial charge in [-0.15, -0.1) is 0 Å². The van der Waals surface area contributed by atoms with Crippen molar-refractivity contribution in [2.45, 2.75) is 38.6 Å². The Morgan fingerprint density at radius 1 is 1.60 bits per heavy atom. The van der Waals surface area contributed by atoms with Crippen molar-refractivity contribution < 1.29 is 4.79 Å². The van der Waals surface area contributed by atoms with Gasteiger partial charge >= 0.3 is 0 Å². The van der Waals surface area contributed by atoms with Crippen molar-refractivity contribution in [3.8, 4) is 0 Å². The van der Waals surface area contributed by atoms with E-state index in [-0.39, 0.29) is 17.4 Å². The third-order valence-electron chi connectivity index (χ3n) is 3.54. The third-order valence-corrected chi connectivity index (χ3v) is 5.08. The minimum atomic E-state index is -0.0862. The van der Waals surface area contributed by atoms with Crippen LogP contribution in [0, 0.1) is 5.92 Å². The maximum absolute atomic E-state index is 12.1. The van der Waals surface area contributed by atoms with Gasteiger partial charge < -0.3 is 0 Å². The standard InChI is InChI=1S/C12H16INO/c1-9-6-7-10-5-3-4-8-12(10,2)14(13)11(9)15/h3-5,9H,6-8H2,1-2H3. The zero-order valence-electron chi connectivity index (χ0n) is 9.16. The van der Waals surface area contributed by atoms with Crippen LogP contribution in [0.2, 0.25) is 0 Å². The number of hydrogen-bond donors (Lipinski definition) is 0. The monoisotopic (exact) mass is 317 g/mol. The van der Waals surface area contributed by atoms with Gasteiger partial charge in [0.05, 0.1) is 28.4 Å². The van der Waals surface area contributed by atoms with Crippen LogP contribution in [0.15, 0.2) is 23.8 Å². The topological polar surface area (TPSA) is 20.3 Å². The van der Waals surface area contributed by atoms with Gasteiger partial charge in [-0.3, -0.25) is 7.91 Å². The number of amides is 1. The number of rotatable bonds is 0. The Kier molecular flexibility index (Phi) is 2.92. The van der Waals surface area contributed by atoms with E-state index in [1.54, 1.807) is 0 Å². The van der Waals surface area contributed by atoms with Gasteiger partial charge in [-0.2, -0.15) is 0 Å². The molecule has 0 spiro atoms. The molecule has 2 unspecified atom stereocenters. The Morgan fingerprint density at radius 2 is 2.33 bits per heavy atom. The van der Waals surface area contributed by atoms with E-state index < -0.39 is 0 Å². The van der Waals surface area contributed by atoms with Crippen molar-refractivity contribution in [3.63, 3.8) is 0 Å². The highest BCUT2D eigenvalue weighted by Gasteiger charge is 2.41. The fourth-order valence-corrected chi connectivity index (χ4v) is 3.27. The van der Waals surface area contributed by atoms with E-state index >= 15 is 0 Å². The molecular formula is C12H16INO. The van der Waals surface area contributed by atoms with Crippen molar-refractivity contribution in [3.05, 3.63) is 23.8 Å². The van der Waals surface area contributed by atoms with Crippen LogP contribution in [0.1, 0.15) is 33.1 Å². The van der Waals surface area contributed by atoms with E-state index in [2.05, 4.69) is 48.0 Å². The molecule has 0 N–H and O–H groups in total. The molecule has 15 heavy (non-hydrogen) atoms. The van der Waals surface area contributed by atoms with Gasteiger partial charge in [-0.1, -0.05) is 25.2 Å². The molecule has 2 atom stereocenters. The number of halogens is 1. The Hall–Kier alpha value is -0.320. The molecule has 0 radical (unpaired) electrons. The van der Waals surface area contributed by atoms with Gasteiger partial charge in [0, 0.05) is 5.92 Å². The minimum absolute atomic E-state index is 0.0862. The first-order valence-corrected chi connectivity index (χ1v) is 6.38. The highest BCUT2D eigenvalue weighted by Crippen LogP contribution is 2.41. The molecule has 0 aromatic heterocycles. The molecule has 1 aliphatic heterocycles. The summed E-state index contributed by atoms with van der Waals surface area (Å²) >= 11 is 2.18. The molecule has 1 amide bonds. The fraction of sp³-hybridized carbons (Fsp3) is 0.583. The lowest BCUT2D eigenvalue weighted by atomic mass is 9.83. The first-order chi connectivity index (χ1) is 7.05. The van der Waals surface area contributed by atoms with Crippen molar-refractivity contribution in [2.75, 3.05) is 0 Å².